The van der Waals surface area contributed by atoms with E-state index in [-0.39, 0.29) is 18.0 Å². The van der Waals surface area contributed by atoms with E-state index in [0.717, 1.165) is 42.8 Å². The monoisotopic (exact) mass is 371 g/mol. The van der Waals surface area contributed by atoms with E-state index >= 15 is 0 Å². The third-order valence-corrected chi connectivity index (χ3v) is 5.61. The van der Waals surface area contributed by atoms with Gasteiger partial charge in [-0.25, -0.2) is 4.79 Å². The molecule has 0 aliphatic carbocycles. The topological polar surface area (TPSA) is 61.4 Å². The van der Waals surface area contributed by atoms with Gasteiger partial charge in [-0.3, -0.25) is 4.79 Å². The van der Waals surface area contributed by atoms with Gasteiger partial charge in [-0.15, -0.1) is 11.3 Å². The quantitative estimate of drug-likeness (QED) is 0.808. The lowest BCUT2D eigenvalue weighted by Crippen LogP contribution is -2.37. The number of carbonyl (C=O) groups is 2. The molecule has 3 amide bonds. The second-order valence-electron chi connectivity index (χ2n) is 6.50. The van der Waals surface area contributed by atoms with Crippen molar-refractivity contribution >= 4 is 23.3 Å². The highest BCUT2D eigenvalue weighted by Crippen LogP contribution is 2.21. The minimum absolute atomic E-state index is 0.0260. The first kappa shape index (κ1) is 18.5. The molecule has 1 aromatic carbocycles. The van der Waals surface area contributed by atoms with Crippen LogP contribution in [0.4, 0.5) is 4.79 Å². The summed E-state index contributed by atoms with van der Waals surface area (Å²) in [6.07, 6.45) is 3.00. The van der Waals surface area contributed by atoms with Crippen molar-refractivity contribution in [2.24, 2.45) is 0 Å². The lowest BCUT2D eigenvalue weighted by Gasteiger charge is -2.17. The Labute approximate surface area is 158 Å². The first-order chi connectivity index (χ1) is 12.7. The normalized spacial score (nSPS) is 14.9. The van der Waals surface area contributed by atoms with Gasteiger partial charge < -0.3 is 15.5 Å². The van der Waals surface area contributed by atoms with E-state index in [9.17, 15) is 9.59 Å². The Balaban J connectivity index is 1.55. The summed E-state index contributed by atoms with van der Waals surface area (Å²) in [6, 6.07) is 11.4. The van der Waals surface area contributed by atoms with Crippen molar-refractivity contribution in [3.8, 4) is 0 Å². The maximum atomic E-state index is 12.5. The van der Waals surface area contributed by atoms with Gasteiger partial charge in [0.15, 0.2) is 0 Å². The molecule has 1 atom stereocenters. The molecule has 1 aliphatic heterocycles. The summed E-state index contributed by atoms with van der Waals surface area (Å²) in [4.78, 5) is 27.7. The van der Waals surface area contributed by atoms with E-state index < -0.39 is 0 Å². The minimum atomic E-state index is -0.193. The van der Waals surface area contributed by atoms with Gasteiger partial charge in [-0.05, 0) is 48.4 Å². The molecule has 1 saturated heterocycles. The molecule has 0 unspecified atom stereocenters. The molecule has 5 nitrogen and oxygen atoms in total. The highest BCUT2D eigenvalue weighted by molar-refractivity contribution is 7.10. The van der Waals surface area contributed by atoms with E-state index in [4.69, 9.17) is 0 Å². The first-order valence-electron chi connectivity index (χ1n) is 9.13. The lowest BCUT2D eigenvalue weighted by molar-refractivity contribution is 0.0792. The molecule has 1 aliphatic rings. The number of benzene rings is 1. The van der Waals surface area contributed by atoms with Crippen LogP contribution in [-0.4, -0.2) is 29.9 Å². The van der Waals surface area contributed by atoms with Crippen molar-refractivity contribution in [2.45, 2.75) is 38.8 Å². The van der Waals surface area contributed by atoms with Crippen LogP contribution in [-0.2, 0) is 6.54 Å². The summed E-state index contributed by atoms with van der Waals surface area (Å²) >= 11 is 1.64. The van der Waals surface area contributed by atoms with Crippen LogP contribution < -0.4 is 10.6 Å². The third kappa shape index (κ3) is 4.64. The number of carbonyl (C=O) groups excluding carboxylic acids is 2. The fourth-order valence-electron chi connectivity index (χ4n) is 3.17. The van der Waals surface area contributed by atoms with Crippen LogP contribution in [0.3, 0.4) is 0 Å². The Morgan fingerprint density at radius 1 is 1.19 bits per heavy atom. The molecule has 0 bridgehead atoms. The largest absolute Gasteiger partial charge is 0.339 e. The molecule has 2 aromatic rings. The Bertz CT molecular complexity index is 739. The first-order valence-corrected chi connectivity index (χ1v) is 10.0. The smallest absolute Gasteiger partial charge is 0.315 e. The highest BCUT2D eigenvalue weighted by Gasteiger charge is 2.19. The molecular weight excluding hydrogens is 346 g/mol. The molecule has 0 radical (unpaired) electrons. The van der Waals surface area contributed by atoms with Gasteiger partial charge >= 0.3 is 6.03 Å². The average Bonchev–Trinajstić information content (AvgIpc) is 3.38. The van der Waals surface area contributed by atoms with Crippen LogP contribution in [0.15, 0.2) is 41.8 Å². The zero-order chi connectivity index (χ0) is 18.4. The third-order valence-electron chi connectivity index (χ3n) is 4.62. The summed E-state index contributed by atoms with van der Waals surface area (Å²) in [5.74, 6) is 0.0811. The number of likely N-dealkylation sites (tertiary alicyclic amines) is 1. The zero-order valence-corrected chi connectivity index (χ0v) is 15.8. The van der Waals surface area contributed by atoms with E-state index in [1.165, 1.54) is 0 Å². The molecular formula is C20H25N3O2S. The van der Waals surface area contributed by atoms with Crippen molar-refractivity contribution < 1.29 is 9.59 Å². The zero-order valence-electron chi connectivity index (χ0n) is 15.0. The summed E-state index contributed by atoms with van der Waals surface area (Å²) < 4.78 is 0. The molecule has 3 rings (SSSR count). The lowest BCUT2D eigenvalue weighted by atomic mass is 10.1. The second kappa shape index (κ2) is 8.85. The summed E-state index contributed by atoms with van der Waals surface area (Å²) in [5.41, 5.74) is 1.62. The predicted molar refractivity (Wildman–Crippen MR) is 104 cm³/mol. The van der Waals surface area contributed by atoms with Gasteiger partial charge in [0.25, 0.3) is 5.91 Å². The Morgan fingerprint density at radius 3 is 2.69 bits per heavy atom. The standard InChI is InChI=1S/C20H25N3O2S/c1-2-17(18-9-6-12-26-18)22-20(25)21-14-15-7-5-8-16(13-15)19(24)23-10-3-4-11-23/h5-9,12-13,17H,2-4,10-11,14H2,1H3,(H2,21,22,25)/t17-/m1/s1. The van der Waals surface area contributed by atoms with Crippen LogP contribution in [0.2, 0.25) is 0 Å². The van der Waals surface area contributed by atoms with Crippen LogP contribution in [0, 0.1) is 0 Å². The van der Waals surface area contributed by atoms with Crippen LogP contribution in [0.5, 0.6) is 0 Å². The van der Waals surface area contributed by atoms with Gasteiger partial charge in [0.1, 0.15) is 0 Å². The predicted octanol–water partition coefficient (Wildman–Crippen LogP) is 3.93. The molecule has 138 valence electrons. The number of hydrogen-bond donors (Lipinski definition) is 2. The molecule has 0 saturated carbocycles. The Morgan fingerprint density at radius 2 is 2.00 bits per heavy atom. The SMILES string of the molecule is CC[C@@H](NC(=O)NCc1cccc(C(=O)N2CCCC2)c1)c1cccs1. The van der Waals surface area contributed by atoms with Gasteiger partial charge in [-0.1, -0.05) is 25.1 Å². The number of thiophene rings is 1. The number of rotatable bonds is 6. The van der Waals surface area contributed by atoms with Crippen molar-refractivity contribution in [1.29, 1.82) is 0 Å². The van der Waals surface area contributed by atoms with Crippen molar-refractivity contribution in [1.82, 2.24) is 15.5 Å². The fraction of sp³-hybridized carbons (Fsp3) is 0.400. The Hall–Kier alpha value is -2.34. The number of hydrogen-bond acceptors (Lipinski definition) is 3. The summed E-state index contributed by atoms with van der Waals surface area (Å²) in [5, 5.41) is 7.91. The van der Waals surface area contributed by atoms with Crippen molar-refractivity contribution in [3.05, 3.63) is 57.8 Å². The molecule has 1 aromatic heterocycles. The Kier molecular flexibility index (Phi) is 6.28. The summed E-state index contributed by atoms with van der Waals surface area (Å²) in [7, 11) is 0. The van der Waals surface area contributed by atoms with E-state index in [0.29, 0.717) is 12.1 Å². The second-order valence-corrected chi connectivity index (χ2v) is 7.48. The molecule has 1 fully saturated rings. The van der Waals surface area contributed by atoms with Crippen molar-refractivity contribution in [2.75, 3.05) is 13.1 Å². The van der Waals surface area contributed by atoms with Crippen LogP contribution in [0.25, 0.3) is 0 Å². The average molecular weight is 372 g/mol. The van der Waals surface area contributed by atoms with Crippen LogP contribution in [0.1, 0.15) is 53.0 Å². The van der Waals surface area contributed by atoms with Gasteiger partial charge in [0.2, 0.25) is 0 Å². The number of nitrogens with zero attached hydrogens (tertiary/aromatic N) is 1. The van der Waals surface area contributed by atoms with Crippen molar-refractivity contribution in [3.63, 3.8) is 0 Å². The maximum Gasteiger partial charge on any atom is 0.315 e. The highest BCUT2D eigenvalue weighted by atomic mass is 32.1. The van der Waals surface area contributed by atoms with Gasteiger partial charge in [0, 0.05) is 30.1 Å². The van der Waals surface area contributed by atoms with E-state index in [1.54, 1.807) is 11.3 Å². The molecule has 26 heavy (non-hydrogen) atoms. The van der Waals surface area contributed by atoms with Gasteiger partial charge in [-0.2, -0.15) is 0 Å². The van der Waals surface area contributed by atoms with Gasteiger partial charge in [0.05, 0.1) is 6.04 Å². The van der Waals surface area contributed by atoms with Crippen LogP contribution >= 0.6 is 11.3 Å². The maximum absolute atomic E-state index is 12.5. The van der Waals surface area contributed by atoms with E-state index in [1.807, 2.05) is 46.7 Å². The number of nitrogens with one attached hydrogen (secondary N) is 2. The summed E-state index contributed by atoms with van der Waals surface area (Å²) in [6.45, 7) is 4.13. The minimum Gasteiger partial charge on any atom is -0.339 e. The van der Waals surface area contributed by atoms with E-state index in [2.05, 4.69) is 17.6 Å². The molecule has 0 spiro atoms. The fourth-order valence-corrected chi connectivity index (χ4v) is 4.03. The number of amides is 3. The number of urea groups is 1. The molecule has 6 heteroatoms. The molecule has 2 N–H and O–H groups in total. The molecule has 2 heterocycles.